The molecule has 0 atom stereocenters. The van der Waals surface area contributed by atoms with E-state index in [0.717, 1.165) is 38.2 Å². The number of carbonyl (C=O) groups excluding carboxylic acids is 1. The van der Waals surface area contributed by atoms with E-state index in [1.165, 1.54) is 0 Å². The molecule has 0 unspecified atom stereocenters. The molecule has 2 rings (SSSR count). The van der Waals surface area contributed by atoms with Crippen molar-refractivity contribution in [2.45, 2.75) is 12.8 Å². The van der Waals surface area contributed by atoms with Crippen molar-refractivity contribution in [1.82, 2.24) is 10.2 Å². The van der Waals surface area contributed by atoms with Gasteiger partial charge in [0.15, 0.2) is 5.78 Å². The summed E-state index contributed by atoms with van der Waals surface area (Å²) in [4.78, 5) is 14.2. The molecule has 0 bridgehead atoms. The summed E-state index contributed by atoms with van der Waals surface area (Å²) in [5, 5.41) is 4.05. The van der Waals surface area contributed by atoms with Crippen LogP contribution in [0.2, 0.25) is 5.02 Å². The highest BCUT2D eigenvalue weighted by Crippen LogP contribution is 2.10. The van der Waals surface area contributed by atoms with Gasteiger partial charge in [0.2, 0.25) is 0 Å². The molecule has 18 heavy (non-hydrogen) atoms. The second-order valence-corrected chi connectivity index (χ2v) is 5.16. The van der Waals surface area contributed by atoms with Crippen LogP contribution < -0.4 is 5.32 Å². The topological polar surface area (TPSA) is 32.3 Å². The molecular weight excluding hydrogens is 248 g/mol. The number of hydrogen-bond donors (Lipinski definition) is 1. The first-order chi connectivity index (χ1) is 8.74. The molecule has 0 radical (unpaired) electrons. The third-order valence-corrected chi connectivity index (χ3v) is 3.40. The first-order valence-electron chi connectivity index (χ1n) is 6.43. The predicted molar refractivity (Wildman–Crippen MR) is 74.1 cm³/mol. The van der Waals surface area contributed by atoms with E-state index in [9.17, 15) is 4.79 Å². The van der Waals surface area contributed by atoms with Crippen LogP contribution >= 0.6 is 11.6 Å². The van der Waals surface area contributed by atoms with Crippen molar-refractivity contribution >= 4 is 17.4 Å². The molecule has 4 heteroatoms. The summed E-state index contributed by atoms with van der Waals surface area (Å²) in [6.45, 7) is 4.58. The van der Waals surface area contributed by atoms with Gasteiger partial charge in [0, 0.05) is 24.5 Å². The second kappa shape index (κ2) is 6.88. The van der Waals surface area contributed by atoms with Gasteiger partial charge in [-0.05, 0) is 37.2 Å². The van der Waals surface area contributed by atoms with Crippen molar-refractivity contribution in [2.24, 2.45) is 0 Å². The zero-order valence-corrected chi connectivity index (χ0v) is 11.2. The first kappa shape index (κ1) is 13.5. The lowest BCUT2D eigenvalue weighted by Gasteiger charge is -2.18. The standard InChI is InChI=1S/C14H19ClN2O/c15-13-4-2-12(3-5-13)10-14(18)11-17-8-1-6-16-7-9-17/h2-5,16H,1,6-11H2. The van der Waals surface area contributed by atoms with E-state index in [0.29, 0.717) is 18.0 Å². The van der Waals surface area contributed by atoms with Gasteiger partial charge in [-0.2, -0.15) is 0 Å². The Balaban J connectivity index is 1.82. The van der Waals surface area contributed by atoms with Gasteiger partial charge in [-0.1, -0.05) is 23.7 Å². The van der Waals surface area contributed by atoms with Crippen LogP contribution in [0.4, 0.5) is 0 Å². The molecule has 1 aliphatic heterocycles. The number of halogens is 1. The Morgan fingerprint density at radius 1 is 1.22 bits per heavy atom. The molecule has 0 aliphatic carbocycles. The molecule has 98 valence electrons. The lowest BCUT2D eigenvalue weighted by molar-refractivity contribution is -0.119. The molecule has 0 spiro atoms. The zero-order chi connectivity index (χ0) is 12.8. The predicted octanol–water partition coefficient (Wildman–Crippen LogP) is 1.75. The molecule has 1 aromatic rings. The Labute approximate surface area is 113 Å². The first-order valence-corrected chi connectivity index (χ1v) is 6.81. The summed E-state index contributed by atoms with van der Waals surface area (Å²) < 4.78 is 0. The fraction of sp³-hybridized carbons (Fsp3) is 0.500. The second-order valence-electron chi connectivity index (χ2n) is 4.72. The van der Waals surface area contributed by atoms with Crippen LogP contribution in [-0.4, -0.2) is 43.4 Å². The van der Waals surface area contributed by atoms with E-state index in [4.69, 9.17) is 11.6 Å². The minimum absolute atomic E-state index is 0.277. The summed E-state index contributed by atoms with van der Waals surface area (Å²) in [7, 11) is 0. The summed E-state index contributed by atoms with van der Waals surface area (Å²) in [6.07, 6.45) is 1.62. The average Bonchev–Trinajstić information content (AvgIpc) is 2.61. The Morgan fingerprint density at radius 2 is 2.00 bits per heavy atom. The van der Waals surface area contributed by atoms with Crippen molar-refractivity contribution in [1.29, 1.82) is 0 Å². The minimum Gasteiger partial charge on any atom is -0.315 e. The Bertz CT molecular complexity index is 383. The molecule has 1 heterocycles. The summed E-state index contributed by atoms with van der Waals surface area (Å²) in [5.41, 5.74) is 1.04. The monoisotopic (exact) mass is 266 g/mol. The third-order valence-electron chi connectivity index (χ3n) is 3.15. The van der Waals surface area contributed by atoms with Crippen LogP contribution in [0, 0.1) is 0 Å². The lowest BCUT2D eigenvalue weighted by atomic mass is 10.1. The highest BCUT2D eigenvalue weighted by atomic mass is 35.5. The van der Waals surface area contributed by atoms with Gasteiger partial charge in [-0.15, -0.1) is 0 Å². The molecule has 1 N–H and O–H groups in total. The molecule has 0 amide bonds. The van der Waals surface area contributed by atoms with Gasteiger partial charge < -0.3 is 5.32 Å². The van der Waals surface area contributed by atoms with Crippen LogP contribution in [0.1, 0.15) is 12.0 Å². The number of Topliss-reactive ketones (excluding diaryl/α,β-unsaturated/α-hetero) is 1. The van der Waals surface area contributed by atoms with Crippen LogP contribution in [0.3, 0.4) is 0 Å². The van der Waals surface area contributed by atoms with E-state index < -0.39 is 0 Å². The van der Waals surface area contributed by atoms with Crippen LogP contribution in [0.15, 0.2) is 24.3 Å². The number of carbonyl (C=O) groups is 1. The van der Waals surface area contributed by atoms with Gasteiger partial charge >= 0.3 is 0 Å². The maximum atomic E-state index is 12.0. The fourth-order valence-corrected chi connectivity index (χ4v) is 2.32. The average molecular weight is 267 g/mol. The number of nitrogens with one attached hydrogen (secondary N) is 1. The number of hydrogen-bond acceptors (Lipinski definition) is 3. The summed E-state index contributed by atoms with van der Waals surface area (Å²) in [6, 6.07) is 7.51. The van der Waals surface area contributed by atoms with Gasteiger partial charge in [-0.3, -0.25) is 9.69 Å². The molecule has 1 aromatic carbocycles. The van der Waals surface area contributed by atoms with E-state index in [1.807, 2.05) is 24.3 Å². The van der Waals surface area contributed by atoms with Gasteiger partial charge in [0.05, 0.1) is 6.54 Å². The molecule has 0 aromatic heterocycles. The van der Waals surface area contributed by atoms with Crippen LogP contribution in [-0.2, 0) is 11.2 Å². The van der Waals surface area contributed by atoms with E-state index in [1.54, 1.807) is 0 Å². The number of nitrogens with zero attached hydrogens (tertiary/aromatic N) is 1. The quantitative estimate of drug-likeness (QED) is 0.901. The highest BCUT2D eigenvalue weighted by molar-refractivity contribution is 6.30. The molecule has 0 saturated carbocycles. The minimum atomic E-state index is 0.277. The molecule has 1 saturated heterocycles. The van der Waals surface area contributed by atoms with Crippen molar-refractivity contribution < 1.29 is 4.79 Å². The summed E-state index contributed by atoms with van der Waals surface area (Å²) >= 11 is 5.82. The molecular formula is C14H19ClN2O. The van der Waals surface area contributed by atoms with Gasteiger partial charge in [0.25, 0.3) is 0 Å². The third kappa shape index (κ3) is 4.41. The largest absolute Gasteiger partial charge is 0.315 e. The number of ketones is 1. The Hall–Kier alpha value is -0.900. The lowest BCUT2D eigenvalue weighted by Crippen LogP contribution is -2.33. The smallest absolute Gasteiger partial charge is 0.151 e. The van der Waals surface area contributed by atoms with Gasteiger partial charge in [-0.25, -0.2) is 0 Å². The summed E-state index contributed by atoms with van der Waals surface area (Å²) in [5.74, 6) is 0.277. The fourth-order valence-electron chi connectivity index (χ4n) is 2.19. The maximum Gasteiger partial charge on any atom is 0.151 e. The highest BCUT2D eigenvalue weighted by Gasteiger charge is 2.12. The van der Waals surface area contributed by atoms with Crippen molar-refractivity contribution in [2.75, 3.05) is 32.7 Å². The SMILES string of the molecule is O=C(Cc1ccc(Cl)cc1)CN1CCCNCC1. The van der Waals surface area contributed by atoms with E-state index in [-0.39, 0.29) is 5.78 Å². The Kier molecular flexibility index (Phi) is 5.17. The van der Waals surface area contributed by atoms with E-state index in [2.05, 4.69) is 10.2 Å². The van der Waals surface area contributed by atoms with Crippen molar-refractivity contribution in [3.05, 3.63) is 34.9 Å². The van der Waals surface area contributed by atoms with Crippen LogP contribution in [0.25, 0.3) is 0 Å². The normalized spacial score (nSPS) is 17.4. The van der Waals surface area contributed by atoms with Crippen molar-refractivity contribution in [3.8, 4) is 0 Å². The van der Waals surface area contributed by atoms with Gasteiger partial charge in [0.1, 0.15) is 0 Å². The maximum absolute atomic E-state index is 12.0. The van der Waals surface area contributed by atoms with Crippen LogP contribution in [0.5, 0.6) is 0 Å². The molecule has 1 aliphatic rings. The van der Waals surface area contributed by atoms with E-state index >= 15 is 0 Å². The molecule has 1 fully saturated rings. The number of rotatable bonds is 4. The zero-order valence-electron chi connectivity index (χ0n) is 10.5. The van der Waals surface area contributed by atoms with Crippen molar-refractivity contribution in [3.63, 3.8) is 0 Å². The number of benzene rings is 1. The molecule has 3 nitrogen and oxygen atoms in total. The Morgan fingerprint density at radius 3 is 2.78 bits per heavy atom.